The molecule has 0 spiro atoms. The fraction of sp³-hybridized carbons (Fsp3) is 0.571. The molecule has 100 valence electrons. The standard InChI is InChI=1S/C14H20F2N2/c1-10(2)12-8-18(9-14(15)16)13-6-4-3-5-11(13)7-17-12/h3-6,10,12,14,17H,7-9H2,1-2H3. The Hall–Kier alpha value is -1.16. The van der Waals surface area contributed by atoms with Gasteiger partial charge in [0.1, 0.15) is 0 Å². The molecule has 0 bridgehead atoms. The zero-order valence-corrected chi connectivity index (χ0v) is 10.9. The number of rotatable bonds is 3. The van der Waals surface area contributed by atoms with Gasteiger partial charge in [-0.15, -0.1) is 0 Å². The third kappa shape index (κ3) is 2.99. The fourth-order valence-corrected chi connectivity index (χ4v) is 2.40. The summed E-state index contributed by atoms with van der Waals surface area (Å²) < 4.78 is 25.4. The Morgan fingerprint density at radius 3 is 2.72 bits per heavy atom. The third-order valence-corrected chi connectivity index (χ3v) is 3.47. The molecule has 0 fully saturated rings. The first kappa shape index (κ1) is 13.3. The first-order valence-corrected chi connectivity index (χ1v) is 6.42. The average molecular weight is 254 g/mol. The molecule has 0 amide bonds. The average Bonchev–Trinajstić information content (AvgIpc) is 2.49. The summed E-state index contributed by atoms with van der Waals surface area (Å²) in [5, 5.41) is 3.45. The van der Waals surface area contributed by atoms with Crippen molar-refractivity contribution in [1.29, 1.82) is 0 Å². The Kier molecular flexibility index (Phi) is 4.17. The lowest BCUT2D eigenvalue weighted by molar-refractivity contribution is 0.153. The second kappa shape index (κ2) is 5.65. The number of fused-ring (bicyclic) bond motifs is 1. The molecular formula is C14H20F2N2. The van der Waals surface area contributed by atoms with Gasteiger partial charge in [-0.1, -0.05) is 32.0 Å². The van der Waals surface area contributed by atoms with Gasteiger partial charge < -0.3 is 10.2 Å². The van der Waals surface area contributed by atoms with Gasteiger partial charge in [0.05, 0.1) is 6.54 Å². The monoisotopic (exact) mass is 254 g/mol. The highest BCUT2D eigenvalue weighted by Crippen LogP contribution is 2.25. The molecule has 1 aromatic carbocycles. The van der Waals surface area contributed by atoms with Gasteiger partial charge in [0.25, 0.3) is 6.43 Å². The van der Waals surface area contributed by atoms with Crippen molar-refractivity contribution in [2.75, 3.05) is 18.0 Å². The van der Waals surface area contributed by atoms with Crippen molar-refractivity contribution in [1.82, 2.24) is 5.32 Å². The number of alkyl halides is 2. The van der Waals surface area contributed by atoms with Gasteiger partial charge in [0.15, 0.2) is 0 Å². The van der Waals surface area contributed by atoms with Crippen LogP contribution in [0.25, 0.3) is 0 Å². The first-order chi connectivity index (χ1) is 8.58. The number of hydrogen-bond acceptors (Lipinski definition) is 2. The van der Waals surface area contributed by atoms with Crippen LogP contribution in [0.4, 0.5) is 14.5 Å². The summed E-state index contributed by atoms with van der Waals surface area (Å²) in [6.45, 7) is 5.43. The van der Waals surface area contributed by atoms with E-state index in [4.69, 9.17) is 0 Å². The van der Waals surface area contributed by atoms with Gasteiger partial charge >= 0.3 is 0 Å². The van der Waals surface area contributed by atoms with Crippen LogP contribution in [-0.2, 0) is 6.54 Å². The zero-order valence-electron chi connectivity index (χ0n) is 10.9. The van der Waals surface area contributed by atoms with Crippen molar-refractivity contribution in [3.8, 4) is 0 Å². The van der Waals surface area contributed by atoms with Crippen LogP contribution in [0.5, 0.6) is 0 Å². The van der Waals surface area contributed by atoms with E-state index in [9.17, 15) is 8.78 Å². The molecule has 1 unspecified atom stereocenters. The van der Waals surface area contributed by atoms with Crippen LogP contribution in [0.2, 0.25) is 0 Å². The van der Waals surface area contributed by atoms with Crippen LogP contribution in [0, 0.1) is 5.92 Å². The van der Waals surface area contributed by atoms with E-state index >= 15 is 0 Å². The van der Waals surface area contributed by atoms with Crippen molar-refractivity contribution in [3.05, 3.63) is 29.8 Å². The molecular weight excluding hydrogens is 234 g/mol. The second-order valence-corrected chi connectivity index (χ2v) is 5.16. The molecule has 1 atom stereocenters. The van der Waals surface area contributed by atoms with Crippen molar-refractivity contribution >= 4 is 5.69 Å². The lowest BCUT2D eigenvalue weighted by Gasteiger charge is -2.29. The summed E-state index contributed by atoms with van der Waals surface area (Å²) in [7, 11) is 0. The van der Waals surface area contributed by atoms with E-state index in [0.717, 1.165) is 17.8 Å². The molecule has 1 N–H and O–H groups in total. The zero-order chi connectivity index (χ0) is 13.1. The highest BCUT2D eigenvalue weighted by Gasteiger charge is 2.24. The molecule has 0 aliphatic carbocycles. The van der Waals surface area contributed by atoms with Crippen LogP contribution in [0.15, 0.2) is 24.3 Å². The summed E-state index contributed by atoms with van der Waals surface area (Å²) in [4.78, 5) is 1.81. The van der Waals surface area contributed by atoms with Crippen molar-refractivity contribution < 1.29 is 8.78 Å². The van der Waals surface area contributed by atoms with Crippen molar-refractivity contribution in [2.24, 2.45) is 5.92 Å². The summed E-state index contributed by atoms with van der Waals surface area (Å²) in [6, 6.07) is 8.05. The van der Waals surface area contributed by atoms with E-state index in [-0.39, 0.29) is 12.6 Å². The van der Waals surface area contributed by atoms with Gasteiger partial charge in [0.2, 0.25) is 0 Å². The Morgan fingerprint density at radius 2 is 2.06 bits per heavy atom. The molecule has 18 heavy (non-hydrogen) atoms. The Bertz CT molecular complexity index is 393. The molecule has 1 heterocycles. The van der Waals surface area contributed by atoms with E-state index in [0.29, 0.717) is 12.5 Å². The molecule has 1 aliphatic heterocycles. The highest BCUT2D eigenvalue weighted by molar-refractivity contribution is 5.54. The highest BCUT2D eigenvalue weighted by atomic mass is 19.3. The molecule has 4 heteroatoms. The Balaban J connectivity index is 2.26. The van der Waals surface area contributed by atoms with Crippen LogP contribution in [0.1, 0.15) is 19.4 Å². The van der Waals surface area contributed by atoms with Crippen LogP contribution in [0.3, 0.4) is 0 Å². The number of halogens is 2. The SMILES string of the molecule is CC(C)C1CN(CC(F)F)c2ccccc2CN1. The number of nitrogens with one attached hydrogen (secondary N) is 1. The van der Waals surface area contributed by atoms with Crippen molar-refractivity contribution in [2.45, 2.75) is 32.9 Å². The normalized spacial score (nSPS) is 20.1. The van der Waals surface area contributed by atoms with E-state index in [1.54, 1.807) is 0 Å². The van der Waals surface area contributed by atoms with E-state index in [2.05, 4.69) is 19.2 Å². The summed E-state index contributed by atoms with van der Waals surface area (Å²) in [5.74, 6) is 0.430. The van der Waals surface area contributed by atoms with Gasteiger partial charge in [-0.25, -0.2) is 8.78 Å². The molecule has 2 nitrogen and oxygen atoms in total. The van der Waals surface area contributed by atoms with Crippen LogP contribution in [-0.4, -0.2) is 25.6 Å². The van der Waals surface area contributed by atoms with Crippen LogP contribution >= 0.6 is 0 Å². The van der Waals surface area contributed by atoms with Gasteiger partial charge in [-0.05, 0) is 17.5 Å². The Morgan fingerprint density at radius 1 is 1.33 bits per heavy atom. The van der Waals surface area contributed by atoms with Gasteiger partial charge in [-0.2, -0.15) is 0 Å². The largest absolute Gasteiger partial charge is 0.364 e. The van der Waals surface area contributed by atoms with Crippen molar-refractivity contribution in [3.63, 3.8) is 0 Å². The molecule has 1 aliphatic rings. The lowest BCUT2D eigenvalue weighted by atomic mass is 10.0. The first-order valence-electron chi connectivity index (χ1n) is 6.42. The topological polar surface area (TPSA) is 15.3 Å². The minimum Gasteiger partial charge on any atom is -0.364 e. The Labute approximate surface area is 107 Å². The third-order valence-electron chi connectivity index (χ3n) is 3.47. The molecule has 0 saturated heterocycles. The quantitative estimate of drug-likeness (QED) is 0.892. The summed E-state index contributed by atoms with van der Waals surface area (Å²) in [6.07, 6.45) is -2.30. The van der Waals surface area contributed by atoms with Gasteiger partial charge in [0, 0.05) is 24.8 Å². The van der Waals surface area contributed by atoms with E-state index in [1.165, 1.54) is 0 Å². The van der Waals surface area contributed by atoms with E-state index in [1.807, 2.05) is 29.2 Å². The maximum Gasteiger partial charge on any atom is 0.255 e. The minimum absolute atomic E-state index is 0.193. The number of benzene rings is 1. The summed E-state index contributed by atoms with van der Waals surface area (Å²) in [5.41, 5.74) is 2.04. The number of nitrogens with zero attached hydrogens (tertiary/aromatic N) is 1. The molecule has 0 aromatic heterocycles. The maximum absolute atomic E-state index is 12.7. The van der Waals surface area contributed by atoms with Crippen LogP contribution < -0.4 is 10.2 Å². The number of hydrogen-bond donors (Lipinski definition) is 1. The molecule has 0 saturated carbocycles. The molecule has 0 radical (unpaired) electrons. The second-order valence-electron chi connectivity index (χ2n) is 5.16. The summed E-state index contributed by atoms with van der Waals surface area (Å²) >= 11 is 0. The predicted octanol–water partition coefficient (Wildman–Crippen LogP) is 2.89. The van der Waals surface area contributed by atoms with E-state index < -0.39 is 6.43 Å². The maximum atomic E-state index is 12.7. The molecule has 1 aromatic rings. The fourth-order valence-electron chi connectivity index (χ4n) is 2.40. The minimum atomic E-state index is -2.30. The smallest absolute Gasteiger partial charge is 0.255 e. The lowest BCUT2D eigenvalue weighted by Crippen LogP contribution is -2.43. The predicted molar refractivity (Wildman–Crippen MR) is 70.1 cm³/mol. The molecule has 2 rings (SSSR count). The number of anilines is 1. The van der Waals surface area contributed by atoms with Gasteiger partial charge in [-0.3, -0.25) is 0 Å². The number of para-hydroxylation sites is 1.